The second-order valence-corrected chi connectivity index (χ2v) is 4.35. The molecule has 0 aliphatic carbocycles. The highest BCUT2D eigenvalue weighted by molar-refractivity contribution is 5.47. The highest BCUT2D eigenvalue weighted by atomic mass is 16.5. The van der Waals surface area contributed by atoms with Gasteiger partial charge < -0.3 is 15.0 Å². The molecule has 2 rings (SSSR count). The van der Waals surface area contributed by atoms with Crippen LogP contribution in [0.1, 0.15) is 25.5 Å². The first-order valence-corrected chi connectivity index (χ1v) is 6.51. The second kappa shape index (κ2) is 6.03. The minimum atomic E-state index is 0.356. The lowest BCUT2D eigenvalue weighted by molar-refractivity contribution is 0.0769. The number of hydrogen-bond donors (Lipinski definition) is 1. The van der Waals surface area contributed by atoms with Crippen LogP contribution in [0.25, 0.3) is 0 Å². The van der Waals surface area contributed by atoms with Gasteiger partial charge in [0, 0.05) is 25.3 Å². The molecule has 1 heterocycles. The standard InChI is InChI=1S/C14H22N2O/c1-3-16(4-2)13-7-5-12(6-8-13)14-11-17-10-9-15-14/h5-8,14-15H,3-4,9-11H2,1-2H3/t14-/m1/s1. The van der Waals surface area contributed by atoms with Gasteiger partial charge in [-0.2, -0.15) is 0 Å². The average Bonchev–Trinajstić information content (AvgIpc) is 2.42. The first-order chi connectivity index (χ1) is 8.35. The van der Waals surface area contributed by atoms with Crippen molar-refractivity contribution < 1.29 is 4.74 Å². The Morgan fingerprint density at radius 3 is 2.47 bits per heavy atom. The van der Waals surface area contributed by atoms with Crippen molar-refractivity contribution in [2.75, 3.05) is 37.7 Å². The van der Waals surface area contributed by atoms with Gasteiger partial charge in [0.05, 0.1) is 19.3 Å². The van der Waals surface area contributed by atoms with Crippen molar-refractivity contribution in [2.24, 2.45) is 0 Å². The third-order valence-electron chi connectivity index (χ3n) is 3.35. The zero-order valence-corrected chi connectivity index (χ0v) is 10.8. The van der Waals surface area contributed by atoms with Gasteiger partial charge in [-0.25, -0.2) is 0 Å². The van der Waals surface area contributed by atoms with Gasteiger partial charge in [0.2, 0.25) is 0 Å². The van der Waals surface area contributed by atoms with Crippen LogP contribution in [0.2, 0.25) is 0 Å². The third kappa shape index (κ3) is 2.99. The van der Waals surface area contributed by atoms with Crippen molar-refractivity contribution in [3.63, 3.8) is 0 Å². The summed E-state index contributed by atoms with van der Waals surface area (Å²) >= 11 is 0. The Labute approximate surface area is 104 Å². The molecule has 1 aromatic rings. The van der Waals surface area contributed by atoms with Gasteiger partial charge in [-0.1, -0.05) is 12.1 Å². The van der Waals surface area contributed by atoms with Crippen LogP contribution in [0.4, 0.5) is 5.69 Å². The Balaban J connectivity index is 2.06. The van der Waals surface area contributed by atoms with Crippen LogP contribution in [0.5, 0.6) is 0 Å². The van der Waals surface area contributed by atoms with E-state index in [4.69, 9.17) is 4.74 Å². The van der Waals surface area contributed by atoms with E-state index in [0.717, 1.165) is 32.8 Å². The summed E-state index contributed by atoms with van der Waals surface area (Å²) in [4.78, 5) is 2.36. The fraction of sp³-hybridized carbons (Fsp3) is 0.571. The molecule has 0 spiro atoms. The SMILES string of the molecule is CCN(CC)c1ccc([C@H]2COCCN2)cc1. The molecule has 0 radical (unpaired) electrons. The summed E-state index contributed by atoms with van der Waals surface area (Å²) in [6, 6.07) is 9.19. The van der Waals surface area contributed by atoms with Crippen molar-refractivity contribution in [3.05, 3.63) is 29.8 Å². The number of benzene rings is 1. The topological polar surface area (TPSA) is 24.5 Å². The molecular formula is C14H22N2O. The monoisotopic (exact) mass is 234 g/mol. The lowest BCUT2D eigenvalue weighted by Gasteiger charge is -2.25. The van der Waals surface area contributed by atoms with Crippen LogP contribution < -0.4 is 10.2 Å². The van der Waals surface area contributed by atoms with E-state index >= 15 is 0 Å². The van der Waals surface area contributed by atoms with E-state index in [2.05, 4.69) is 48.3 Å². The lowest BCUT2D eigenvalue weighted by atomic mass is 10.1. The number of anilines is 1. The second-order valence-electron chi connectivity index (χ2n) is 4.35. The zero-order chi connectivity index (χ0) is 12.1. The number of rotatable bonds is 4. The molecule has 0 amide bonds. The summed E-state index contributed by atoms with van der Waals surface area (Å²) in [5.74, 6) is 0. The molecule has 1 aromatic carbocycles. The minimum absolute atomic E-state index is 0.356. The van der Waals surface area contributed by atoms with Crippen LogP contribution in [-0.2, 0) is 4.74 Å². The average molecular weight is 234 g/mol. The maximum atomic E-state index is 5.48. The van der Waals surface area contributed by atoms with Gasteiger partial charge in [0.15, 0.2) is 0 Å². The fourth-order valence-electron chi connectivity index (χ4n) is 2.29. The van der Waals surface area contributed by atoms with E-state index in [0.29, 0.717) is 6.04 Å². The van der Waals surface area contributed by atoms with Crippen molar-refractivity contribution in [2.45, 2.75) is 19.9 Å². The largest absolute Gasteiger partial charge is 0.378 e. The number of nitrogens with one attached hydrogen (secondary N) is 1. The molecular weight excluding hydrogens is 212 g/mol. The number of morpholine rings is 1. The molecule has 0 unspecified atom stereocenters. The van der Waals surface area contributed by atoms with Gasteiger partial charge in [-0.15, -0.1) is 0 Å². The van der Waals surface area contributed by atoms with Crippen LogP contribution >= 0.6 is 0 Å². The van der Waals surface area contributed by atoms with Crippen LogP contribution in [0.3, 0.4) is 0 Å². The van der Waals surface area contributed by atoms with Gasteiger partial charge in [0.1, 0.15) is 0 Å². The van der Waals surface area contributed by atoms with Crippen molar-refractivity contribution >= 4 is 5.69 Å². The molecule has 0 aromatic heterocycles. The summed E-state index contributed by atoms with van der Waals surface area (Å²) < 4.78 is 5.48. The molecule has 0 saturated carbocycles. The quantitative estimate of drug-likeness (QED) is 0.864. The Hall–Kier alpha value is -1.06. The predicted octanol–water partition coefficient (Wildman–Crippen LogP) is 2.19. The summed E-state index contributed by atoms with van der Waals surface area (Å²) in [6.45, 7) is 9.05. The van der Waals surface area contributed by atoms with Crippen molar-refractivity contribution in [1.29, 1.82) is 0 Å². The summed E-state index contributed by atoms with van der Waals surface area (Å²) in [5.41, 5.74) is 2.62. The predicted molar refractivity (Wildman–Crippen MR) is 71.6 cm³/mol. The number of hydrogen-bond acceptors (Lipinski definition) is 3. The molecule has 1 saturated heterocycles. The highest BCUT2D eigenvalue weighted by Crippen LogP contribution is 2.20. The van der Waals surface area contributed by atoms with E-state index < -0.39 is 0 Å². The van der Waals surface area contributed by atoms with Gasteiger partial charge >= 0.3 is 0 Å². The Morgan fingerprint density at radius 1 is 1.24 bits per heavy atom. The molecule has 1 atom stereocenters. The van der Waals surface area contributed by atoms with Crippen LogP contribution in [-0.4, -0.2) is 32.8 Å². The molecule has 1 fully saturated rings. The molecule has 0 bridgehead atoms. The van der Waals surface area contributed by atoms with Crippen molar-refractivity contribution in [1.82, 2.24) is 5.32 Å². The van der Waals surface area contributed by atoms with Crippen LogP contribution in [0, 0.1) is 0 Å². The van der Waals surface area contributed by atoms with E-state index in [-0.39, 0.29) is 0 Å². The smallest absolute Gasteiger partial charge is 0.0662 e. The molecule has 1 aliphatic rings. The maximum absolute atomic E-state index is 5.48. The number of nitrogens with zero attached hydrogens (tertiary/aromatic N) is 1. The Morgan fingerprint density at radius 2 is 1.94 bits per heavy atom. The van der Waals surface area contributed by atoms with E-state index in [1.54, 1.807) is 0 Å². The lowest BCUT2D eigenvalue weighted by Crippen LogP contribution is -2.34. The first kappa shape index (κ1) is 12.4. The van der Waals surface area contributed by atoms with Gasteiger partial charge in [-0.3, -0.25) is 0 Å². The normalized spacial score (nSPS) is 20.2. The van der Waals surface area contributed by atoms with Gasteiger partial charge in [0.25, 0.3) is 0 Å². The fourth-order valence-corrected chi connectivity index (χ4v) is 2.29. The molecule has 1 aliphatic heterocycles. The molecule has 1 N–H and O–H groups in total. The van der Waals surface area contributed by atoms with E-state index in [9.17, 15) is 0 Å². The van der Waals surface area contributed by atoms with E-state index in [1.165, 1.54) is 11.3 Å². The van der Waals surface area contributed by atoms with Crippen molar-refractivity contribution in [3.8, 4) is 0 Å². The third-order valence-corrected chi connectivity index (χ3v) is 3.35. The Bertz CT molecular complexity index is 327. The first-order valence-electron chi connectivity index (χ1n) is 6.51. The van der Waals surface area contributed by atoms with Gasteiger partial charge in [-0.05, 0) is 31.5 Å². The maximum Gasteiger partial charge on any atom is 0.0662 e. The summed E-state index contributed by atoms with van der Waals surface area (Å²) in [7, 11) is 0. The summed E-state index contributed by atoms with van der Waals surface area (Å²) in [5, 5.41) is 3.47. The Kier molecular flexibility index (Phi) is 4.40. The molecule has 3 heteroatoms. The number of ether oxygens (including phenoxy) is 1. The minimum Gasteiger partial charge on any atom is -0.378 e. The van der Waals surface area contributed by atoms with Crippen LogP contribution in [0.15, 0.2) is 24.3 Å². The molecule has 94 valence electrons. The highest BCUT2D eigenvalue weighted by Gasteiger charge is 2.14. The molecule has 17 heavy (non-hydrogen) atoms. The van der Waals surface area contributed by atoms with E-state index in [1.807, 2.05) is 0 Å². The zero-order valence-electron chi connectivity index (χ0n) is 10.8. The molecule has 3 nitrogen and oxygen atoms in total. The summed E-state index contributed by atoms with van der Waals surface area (Å²) in [6.07, 6.45) is 0.